The van der Waals surface area contributed by atoms with Crippen molar-refractivity contribution in [1.82, 2.24) is 19.4 Å². The average molecular weight is 397 g/mol. The molecule has 4 rings (SSSR count). The Morgan fingerprint density at radius 2 is 2.10 bits per heavy atom. The molecular formula is C21H27N5O3. The van der Waals surface area contributed by atoms with Crippen LogP contribution in [0.15, 0.2) is 36.7 Å². The van der Waals surface area contributed by atoms with E-state index in [9.17, 15) is 9.59 Å². The normalized spacial score (nSPS) is 20.0. The SMILES string of the molecule is CCOCC(=O)N1CC[C@@]2(C1)c1cccn1-c1ncccc1N2CC(=O)N(C)C. The fourth-order valence-corrected chi connectivity index (χ4v) is 4.33. The molecule has 0 N–H and O–H groups in total. The fourth-order valence-electron chi connectivity index (χ4n) is 4.33. The van der Waals surface area contributed by atoms with Crippen molar-refractivity contribution in [2.45, 2.75) is 18.9 Å². The van der Waals surface area contributed by atoms with Crippen LogP contribution in [0, 0.1) is 0 Å². The van der Waals surface area contributed by atoms with Crippen molar-refractivity contribution < 1.29 is 14.3 Å². The van der Waals surface area contributed by atoms with E-state index in [0.29, 0.717) is 19.7 Å². The van der Waals surface area contributed by atoms with Gasteiger partial charge in [-0.3, -0.25) is 9.59 Å². The smallest absolute Gasteiger partial charge is 0.248 e. The Labute approximate surface area is 170 Å². The van der Waals surface area contributed by atoms with E-state index in [0.717, 1.165) is 23.6 Å². The molecule has 1 fully saturated rings. The number of carbonyl (C=O) groups excluding carboxylic acids is 2. The Kier molecular flexibility index (Phi) is 5.04. The number of anilines is 1. The first-order valence-corrected chi connectivity index (χ1v) is 9.94. The van der Waals surface area contributed by atoms with Crippen LogP contribution >= 0.6 is 0 Å². The van der Waals surface area contributed by atoms with Crippen LogP contribution in [0.2, 0.25) is 0 Å². The van der Waals surface area contributed by atoms with Gasteiger partial charge >= 0.3 is 0 Å². The van der Waals surface area contributed by atoms with E-state index in [1.54, 1.807) is 25.2 Å². The highest BCUT2D eigenvalue weighted by atomic mass is 16.5. The first kappa shape index (κ1) is 19.4. The van der Waals surface area contributed by atoms with Gasteiger partial charge in [0.25, 0.3) is 0 Å². The molecule has 0 saturated carbocycles. The molecule has 2 aromatic heterocycles. The summed E-state index contributed by atoms with van der Waals surface area (Å²) in [5.74, 6) is 0.805. The zero-order chi connectivity index (χ0) is 20.6. The molecule has 1 spiro atoms. The number of likely N-dealkylation sites (tertiary alicyclic amines) is 1. The largest absolute Gasteiger partial charge is 0.372 e. The van der Waals surface area contributed by atoms with Crippen LogP contribution in [0.3, 0.4) is 0 Å². The summed E-state index contributed by atoms with van der Waals surface area (Å²) in [5.41, 5.74) is 1.49. The van der Waals surface area contributed by atoms with Crippen molar-refractivity contribution >= 4 is 17.5 Å². The topological polar surface area (TPSA) is 70.9 Å². The van der Waals surface area contributed by atoms with E-state index < -0.39 is 5.54 Å². The number of aromatic nitrogens is 2. The lowest BCUT2D eigenvalue weighted by molar-refractivity contribution is -0.135. The van der Waals surface area contributed by atoms with E-state index in [1.807, 2.05) is 36.2 Å². The highest BCUT2D eigenvalue weighted by Crippen LogP contribution is 2.46. The zero-order valence-electron chi connectivity index (χ0n) is 17.2. The molecule has 4 heterocycles. The third kappa shape index (κ3) is 3.17. The molecule has 2 aromatic rings. The first-order valence-electron chi connectivity index (χ1n) is 9.94. The summed E-state index contributed by atoms with van der Waals surface area (Å²) in [7, 11) is 3.52. The van der Waals surface area contributed by atoms with Gasteiger partial charge in [0.05, 0.1) is 17.9 Å². The zero-order valence-corrected chi connectivity index (χ0v) is 17.2. The molecule has 1 saturated heterocycles. The van der Waals surface area contributed by atoms with E-state index in [2.05, 4.69) is 20.5 Å². The van der Waals surface area contributed by atoms with E-state index in [-0.39, 0.29) is 25.0 Å². The maximum atomic E-state index is 12.7. The number of pyridine rings is 1. The molecule has 0 radical (unpaired) electrons. The number of ether oxygens (including phenoxy) is 1. The van der Waals surface area contributed by atoms with Gasteiger partial charge in [-0.1, -0.05) is 0 Å². The molecule has 29 heavy (non-hydrogen) atoms. The number of hydrogen-bond acceptors (Lipinski definition) is 5. The molecule has 2 aliphatic heterocycles. The maximum Gasteiger partial charge on any atom is 0.248 e. The second-order valence-corrected chi connectivity index (χ2v) is 7.72. The molecule has 0 bridgehead atoms. The number of hydrogen-bond donors (Lipinski definition) is 0. The average Bonchev–Trinajstić information content (AvgIpc) is 3.38. The lowest BCUT2D eigenvalue weighted by Gasteiger charge is -2.46. The van der Waals surface area contributed by atoms with Gasteiger partial charge in [0.15, 0.2) is 5.82 Å². The summed E-state index contributed by atoms with van der Waals surface area (Å²) in [6, 6.07) is 7.96. The summed E-state index contributed by atoms with van der Waals surface area (Å²) in [4.78, 5) is 35.5. The number of fused-ring (bicyclic) bond motifs is 4. The second kappa shape index (κ2) is 7.51. The Morgan fingerprint density at radius 1 is 1.28 bits per heavy atom. The number of carbonyl (C=O) groups is 2. The summed E-state index contributed by atoms with van der Waals surface area (Å²) in [5, 5.41) is 0. The summed E-state index contributed by atoms with van der Waals surface area (Å²) < 4.78 is 7.42. The van der Waals surface area contributed by atoms with Crippen molar-refractivity contribution in [1.29, 1.82) is 0 Å². The lowest BCUT2D eigenvalue weighted by Crippen LogP contribution is -2.55. The van der Waals surface area contributed by atoms with Crippen molar-refractivity contribution in [2.75, 3.05) is 51.8 Å². The number of amides is 2. The maximum absolute atomic E-state index is 12.7. The molecule has 0 aliphatic carbocycles. The Morgan fingerprint density at radius 3 is 2.86 bits per heavy atom. The van der Waals surface area contributed by atoms with Crippen LogP contribution in [0.25, 0.3) is 5.82 Å². The molecule has 1 atom stereocenters. The molecule has 8 heteroatoms. The minimum atomic E-state index is -0.479. The van der Waals surface area contributed by atoms with E-state index in [4.69, 9.17) is 4.74 Å². The molecule has 0 unspecified atom stereocenters. The lowest BCUT2D eigenvalue weighted by atomic mass is 9.88. The van der Waals surface area contributed by atoms with Gasteiger partial charge in [0, 0.05) is 46.2 Å². The summed E-state index contributed by atoms with van der Waals surface area (Å²) in [6.45, 7) is 3.84. The van der Waals surface area contributed by atoms with Crippen LogP contribution in [0.1, 0.15) is 19.0 Å². The number of likely N-dealkylation sites (N-methyl/N-ethyl adjacent to an activating group) is 1. The molecule has 154 valence electrons. The van der Waals surface area contributed by atoms with Crippen LogP contribution < -0.4 is 4.90 Å². The van der Waals surface area contributed by atoms with E-state index in [1.165, 1.54) is 0 Å². The van der Waals surface area contributed by atoms with Crippen LogP contribution in [-0.2, 0) is 19.9 Å². The molecule has 2 amide bonds. The number of rotatable bonds is 5. The van der Waals surface area contributed by atoms with Gasteiger partial charge in [-0.25, -0.2) is 4.98 Å². The highest BCUT2D eigenvalue weighted by molar-refractivity contribution is 5.84. The number of nitrogens with zero attached hydrogens (tertiary/aromatic N) is 5. The molecule has 8 nitrogen and oxygen atoms in total. The summed E-state index contributed by atoms with van der Waals surface area (Å²) in [6.07, 6.45) is 4.50. The van der Waals surface area contributed by atoms with Crippen molar-refractivity contribution in [2.24, 2.45) is 0 Å². The quantitative estimate of drug-likeness (QED) is 0.759. The van der Waals surface area contributed by atoms with Crippen molar-refractivity contribution in [3.63, 3.8) is 0 Å². The Hall–Kier alpha value is -2.87. The monoisotopic (exact) mass is 397 g/mol. The van der Waals surface area contributed by atoms with Gasteiger partial charge in [0.1, 0.15) is 12.1 Å². The molecule has 0 aromatic carbocycles. The third-order valence-electron chi connectivity index (χ3n) is 5.85. The highest BCUT2D eigenvalue weighted by Gasteiger charge is 2.51. The van der Waals surface area contributed by atoms with Gasteiger partial charge in [-0.15, -0.1) is 0 Å². The van der Waals surface area contributed by atoms with Gasteiger partial charge in [-0.05, 0) is 37.6 Å². The summed E-state index contributed by atoms with van der Waals surface area (Å²) >= 11 is 0. The fraction of sp³-hybridized carbons (Fsp3) is 0.476. The van der Waals surface area contributed by atoms with Crippen LogP contribution in [0.5, 0.6) is 0 Å². The van der Waals surface area contributed by atoms with Gasteiger partial charge in [-0.2, -0.15) is 0 Å². The predicted octanol–water partition coefficient (Wildman–Crippen LogP) is 1.24. The van der Waals surface area contributed by atoms with Gasteiger partial charge < -0.3 is 24.0 Å². The minimum Gasteiger partial charge on any atom is -0.372 e. The second-order valence-electron chi connectivity index (χ2n) is 7.72. The van der Waals surface area contributed by atoms with Crippen molar-refractivity contribution in [3.8, 4) is 5.82 Å². The minimum absolute atomic E-state index is 0.0123. The Balaban J connectivity index is 1.77. The van der Waals surface area contributed by atoms with Gasteiger partial charge in [0.2, 0.25) is 11.8 Å². The van der Waals surface area contributed by atoms with Crippen LogP contribution in [-0.4, -0.2) is 78.1 Å². The predicted molar refractivity (Wildman–Crippen MR) is 109 cm³/mol. The van der Waals surface area contributed by atoms with Crippen molar-refractivity contribution in [3.05, 3.63) is 42.4 Å². The Bertz CT molecular complexity index is 925. The molecular weight excluding hydrogens is 370 g/mol. The van der Waals surface area contributed by atoms with Crippen LogP contribution in [0.4, 0.5) is 5.69 Å². The first-order chi connectivity index (χ1) is 14.0. The molecule has 2 aliphatic rings. The standard InChI is InChI=1S/C21H27N5O3/c1-4-29-14-19(28)24-12-9-21(15-24)17-8-6-11-25(17)20-16(7-5-10-22-20)26(21)13-18(27)23(2)3/h5-8,10-11H,4,9,12-15H2,1-3H3/t21-/m1/s1. The van der Waals surface area contributed by atoms with E-state index >= 15 is 0 Å². The third-order valence-corrected chi connectivity index (χ3v) is 5.85.